The van der Waals surface area contributed by atoms with Crippen LogP contribution in [0.1, 0.15) is 47.7 Å². The van der Waals surface area contributed by atoms with Gasteiger partial charge in [-0.15, -0.1) is 0 Å². The first kappa shape index (κ1) is 19.5. The minimum Gasteiger partial charge on any atom is -0.336 e. The van der Waals surface area contributed by atoms with E-state index in [0.717, 1.165) is 41.5 Å². The highest BCUT2D eigenvalue weighted by Gasteiger charge is 2.24. The Morgan fingerprint density at radius 2 is 1.90 bits per heavy atom. The molecule has 1 N–H and O–H groups in total. The SMILES string of the molecule is Cc1ccc(-n2[nH]c3c(cnc4ccc(C(=O)N5CCCCC5C)cc43)c2=O)cc1C. The molecule has 6 nitrogen and oxygen atoms in total. The second-order valence-electron chi connectivity index (χ2n) is 8.64. The first-order chi connectivity index (χ1) is 14.9. The summed E-state index contributed by atoms with van der Waals surface area (Å²) in [5, 5.41) is 4.56. The Morgan fingerprint density at radius 3 is 2.68 bits per heavy atom. The van der Waals surface area contributed by atoms with E-state index in [1.807, 2.05) is 55.1 Å². The van der Waals surface area contributed by atoms with Crippen molar-refractivity contribution in [3.05, 3.63) is 69.6 Å². The highest BCUT2D eigenvalue weighted by molar-refractivity contribution is 6.06. The molecule has 1 amide bonds. The summed E-state index contributed by atoms with van der Waals surface area (Å²) < 4.78 is 1.55. The molecule has 1 unspecified atom stereocenters. The second kappa shape index (κ2) is 7.38. The molecule has 0 spiro atoms. The van der Waals surface area contributed by atoms with Gasteiger partial charge in [-0.05, 0) is 81.5 Å². The number of hydrogen-bond donors (Lipinski definition) is 1. The van der Waals surface area contributed by atoms with Gasteiger partial charge in [0.05, 0.1) is 22.1 Å². The van der Waals surface area contributed by atoms with Gasteiger partial charge in [0, 0.05) is 29.7 Å². The Balaban J connectivity index is 1.65. The van der Waals surface area contributed by atoms with Crippen LogP contribution in [0.25, 0.3) is 27.5 Å². The number of nitrogens with one attached hydrogen (secondary N) is 1. The van der Waals surface area contributed by atoms with Gasteiger partial charge in [0.15, 0.2) is 0 Å². The van der Waals surface area contributed by atoms with Crippen LogP contribution in [-0.2, 0) is 0 Å². The van der Waals surface area contributed by atoms with Crippen molar-refractivity contribution in [2.45, 2.75) is 46.1 Å². The van der Waals surface area contributed by atoms with Crippen LogP contribution < -0.4 is 5.56 Å². The zero-order valence-corrected chi connectivity index (χ0v) is 18.1. The maximum absolute atomic E-state index is 13.2. The van der Waals surface area contributed by atoms with Gasteiger partial charge in [0.25, 0.3) is 11.5 Å². The molecule has 1 aliphatic rings. The van der Waals surface area contributed by atoms with Crippen LogP contribution in [-0.4, -0.2) is 38.2 Å². The number of pyridine rings is 1. The standard InChI is InChI=1S/C25H26N4O2/c1-15-7-9-19(12-16(15)2)29-25(31)21-14-26-22-10-8-18(13-20(22)23(21)27-29)24(30)28-11-5-4-6-17(28)3/h7-10,12-14,17,27H,4-6,11H2,1-3H3. The second-order valence-corrected chi connectivity index (χ2v) is 8.64. The van der Waals surface area contributed by atoms with Crippen LogP contribution in [0.5, 0.6) is 0 Å². The third-order valence-electron chi connectivity index (χ3n) is 6.58. The summed E-state index contributed by atoms with van der Waals surface area (Å²) in [6.45, 7) is 6.98. The molecule has 2 aromatic heterocycles. The number of H-pyrrole nitrogens is 1. The summed E-state index contributed by atoms with van der Waals surface area (Å²) in [4.78, 5) is 32.7. The van der Waals surface area contributed by atoms with Gasteiger partial charge in [-0.3, -0.25) is 19.7 Å². The molecule has 31 heavy (non-hydrogen) atoms. The van der Waals surface area contributed by atoms with Gasteiger partial charge in [0.1, 0.15) is 0 Å². The zero-order valence-electron chi connectivity index (χ0n) is 18.1. The van der Waals surface area contributed by atoms with Crippen molar-refractivity contribution in [2.75, 3.05) is 6.54 Å². The Hall–Kier alpha value is -3.41. The van der Waals surface area contributed by atoms with Gasteiger partial charge in [-0.25, -0.2) is 4.68 Å². The third kappa shape index (κ3) is 3.23. The lowest BCUT2D eigenvalue weighted by Gasteiger charge is -2.33. The van der Waals surface area contributed by atoms with Crippen molar-refractivity contribution in [1.82, 2.24) is 19.7 Å². The summed E-state index contributed by atoms with van der Waals surface area (Å²) in [6, 6.07) is 11.8. The van der Waals surface area contributed by atoms with Crippen LogP contribution >= 0.6 is 0 Å². The predicted octanol–water partition coefficient (Wildman–Crippen LogP) is 4.50. The van der Waals surface area contributed by atoms with E-state index in [9.17, 15) is 9.59 Å². The Labute approximate surface area is 180 Å². The van der Waals surface area contributed by atoms with Gasteiger partial charge < -0.3 is 4.90 Å². The number of piperidine rings is 1. The predicted molar refractivity (Wildman–Crippen MR) is 123 cm³/mol. The van der Waals surface area contributed by atoms with E-state index in [4.69, 9.17) is 0 Å². The molecule has 1 atom stereocenters. The highest BCUT2D eigenvalue weighted by atomic mass is 16.2. The number of carbonyl (C=O) groups is 1. The van der Waals surface area contributed by atoms with E-state index < -0.39 is 0 Å². The van der Waals surface area contributed by atoms with Crippen molar-refractivity contribution in [2.24, 2.45) is 0 Å². The number of benzene rings is 2. The number of aromatic amines is 1. The smallest absolute Gasteiger partial charge is 0.280 e. The molecular formula is C25H26N4O2. The van der Waals surface area contributed by atoms with Crippen LogP contribution in [0, 0.1) is 13.8 Å². The number of rotatable bonds is 2. The lowest BCUT2D eigenvalue weighted by molar-refractivity contribution is 0.0636. The van der Waals surface area contributed by atoms with E-state index in [1.54, 1.807) is 10.9 Å². The fourth-order valence-electron chi connectivity index (χ4n) is 4.50. The number of likely N-dealkylation sites (tertiary alicyclic amines) is 1. The molecule has 6 heteroatoms. The molecular weight excluding hydrogens is 388 g/mol. The van der Waals surface area contributed by atoms with Crippen molar-refractivity contribution < 1.29 is 4.79 Å². The van der Waals surface area contributed by atoms with E-state index in [2.05, 4.69) is 17.0 Å². The summed E-state index contributed by atoms with van der Waals surface area (Å²) in [5.74, 6) is 0.0436. The summed E-state index contributed by atoms with van der Waals surface area (Å²) >= 11 is 0. The molecule has 0 bridgehead atoms. The monoisotopic (exact) mass is 414 g/mol. The van der Waals surface area contributed by atoms with Gasteiger partial charge in [-0.2, -0.15) is 0 Å². The number of carbonyl (C=O) groups excluding carboxylic acids is 1. The van der Waals surface area contributed by atoms with E-state index in [1.165, 1.54) is 12.0 Å². The first-order valence-electron chi connectivity index (χ1n) is 10.9. The first-order valence-corrected chi connectivity index (χ1v) is 10.9. The number of aromatic nitrogens is 3. The number of amides is 1. The third-order valence-corrected chi connectivity index (χ3v) is 6.58. The molecule has 0 saturated carbocycles. The topological polar surface area (TPSA) is 71.0 Å². The Morgan fingerprint density at radius 1 is 1.06 bits per heavy atom. The Bertz CT molecular complexity index is 1380. The molecule has 3 heterocycles. The molecule has 1 saturated heterocycles. The summed E-state index contributed by atoms with van der Waals surface area (Å²) in [7, 11) is 0. The molecule has 158 valence electrons. The normalized spacial score (nSPS) is 16.9. The van der Waals surface area contributed by atoms with Crippen LogP contribution in [0.3, 0.4) is 0 Å². The van der Waals surface area contributed by atoms with Gasteiger partial charge in [0.2, 0.25) is 0 Å². The molecule has 5 rings (SSSR count). The average Bonchev–Trinajstić information content (AvgIpc) is 3.12. The summed E-state index contributed by atoms with van der Waals surface area (Å²) in [6.07, 6.45) is 4.86. The van der Waals surface area contributed by atoms with Crippen molar-refractivity contribution >= 4 is 27.7 Å². The largest absolute Gasteiger partial charge is 0.336 e. The minimum absolute atomic E-state index is 0.0436. The van der Waals surface area contributed by atoms with Gasteiger partial charge in [-0.1, -0.05) is 6.07 Å². The fraction of sp³-hybridized carbons (Fsp3) is 0.320. The minimum atomic E-state index is -0.144. The molecule has 1 fully saturated rings. The maximum Gasteiger partial charge on any atom is 0.280 e. The molecule has 0 radical (unpaired) electrons. The molecule has 0 aliphatic carbocycles. The van der Waals surface area contributed by atoms with E-state index in [0.29, 0.717) is 16.5 Å². The number of fused-ring (bicyclic) bond motifs is 3. The zero-order chi connectivity index (χ0) is 21.7. The van der Waals surface area contributed by atoms with Crippen LogP contribution in [0.2, 0.25) is 0 Å². The van der Waals surface area contributed by atoms with E-state index >= 15 is 0 Å². The number of hydrogen-bond acceptors (Lipinski definition) is 3. The van der Waals surface area contributed by atoms with Crippen molar-refractivity contribution in [1.29, 1.82) is 0 Å². The van der Waals surface area contributed by atoms with Crippen LogP contribution in [0.15, 0.2) is 47.4 Å². The summed E-state index contributed by atoms with van der Waals surface area (Å²) in [5.41, 5.74) is 5.03. The Kier molecular flexibility index (Phi) is 4.65. The highest BCUT2D eigenvalue weighted by Crippen LogP contribution is 2.25. The lowest BCUT2D eigenvalue weighted by atomic mass is 10.0. The van der Waals surface area contributed by atoms with Crippen molar-refractivity contribution in [3.8, 4) is 5.69 Å². The van der Waals surface area contributed by atoms with Crippen LogP contribution in [0.4, 0.5) is 0 Å². The number of nitrogens with zero attached hydrogens (tertiary/aromatic N) is 3. The molecule has 2 aromatic carbocycles. The fourth-order valence-corrected chi connectivity index (χ4v) is 4.50. The molecule has 1 aliphatic heterocycles. The van der Waals surface area contributed by atoms with Crippen molar-refractivity contribution in [3.63, 3.8) is 0 Å². The average molecular weight is 415 g/mol. The molecule has 4 aromatic rings. The number of aryl methyl sites for hydroxylation is 2. The van der Waals surface area contributed by atoms with Gasteiger partial charge >= 0.3 is 0 Å². The lowest BCUT2D eigenvalue weighted by Crippen LogP contribution is -2.42. The maximum atomic E-state index is 13.2. The quantitative estimate of drug-likeness (QED) is 0.525. The van der Waals surface area contributed by atoms with E-state index in [-0.39, 0.29) is 17.5 Å².